The van der Waals surface area contributed by atoms with E-state index in [4.69, 9.17) is 71.1 Å². The van der Waals surface area contributed by atoms with E-state index in [2.05, 4.69) is 5.32 Å². The third kappa shape index (κ3) is 23.4. The number of nitro groups is 2. The van der Waals surface area contributed by atoms with Crippen LogP contribution in [0, 0.1) is 20.2 Å². The standard InChI is InChI=1S/C94H95N3O19/c98-96(99)77-51-52-78(79(53-77)97(100)101)95-83-87(106-58-71-39-19-5-20-40-71)85(81(65-103-55-68-33-13-2-14-34-68)112-92(83)111-63-76-49-29-10-30-50-76)115-94-91(110-62-75-47-27-9-28-48-75)89(108-60-73-43-23-7-24-44-73)86(82(114-94)66-104-56-69-35-15-3-16-36-69)116-93-90(109-61-74-45-25-8-26-46-74)88(107-59-72-41-21-6-22-42-72)84(105-57-70-37-17-4-18-38-70)80(113-93)64-102-54-67-31-11-1-12-32-67/h1-53,80-95H,54-66H2/t80-,81-,82-,83-,84+,85-,86+,87-,88+,89+,90-,91-,92-,93-,94+/m1/s1. The van der Waals surface area contributed by atoms with E-state index in [-0.39, 0.29) is 91.6 Å². The second-order valence-corrected chi connectivity index (χ2v) is 28.6. The van der Waals surface area contributed by atoms with Gasteiger partial charge in [-0.1, -0.05) is 303 Å². The maximum Gasteiger partial charge on any atom is 0.299 e. The molecular weight excluding hydrogens is 1480 g/mol. The van der Waals surface area contributed by atoms with Gasteiger partial charge in [-0.05, 0) is 61.7 Å². The van der Waals surface area contributed by atoms with Crippen LogP contribution in [0.25, 0.3) is 0 Å². The number of nitrogens with one attached hydrogen (secondary N) is 1. The number of hydrogen-bond donors (Lipinski definition) is 1. The van der Waals surface area contributed by atoms with E-state index in [1.807, 2.05) is 303 Å². The van der Waals surface area contributed by atoms with E-state index in [0.29, 0.717) is 0 Å². The quantitative estimate of drug-likeness (QED) is 0.0277. The predicted octanol–water partition coefficient (Wildman–Crippen LogP) is 16.6. The van der Waals surface area contributed by atoms with Gasteiger partial charge in [0.15, 0.2) is 18.9 Å². The second-order valence-electron chi connectivity index (χ2n) is 28.6. The molecule has 14 rings (SSSR count). The molecule has 600 valence electrons. The smallest absolute Gasteiger partial charge is 0.299 e. The van der Waals surface area contributed by atoms with Gasteiger partial charge < -0.3 is 76.4 Å². The lowest BCUT2D eigenvalue weighted by atomic mass is 9.94. The molecule has 22 heteroatoms. The molecule has 3 fully saturated rings. The number of nitro benzene ring substituents is 2. The van der Waals surface area contributed by atoms with Gasteiger partial charge in [0.2, 0.25) is 0 Å². The molecule has 0 unspecified atom stereocenters. The Bertz CT molecular complexity index is 4690. The van der Waals surface area contributed by atoms with Crippen molar-refractivity contribution in [1.82, 2.24) is 0 Å². The molecule has 3 heterocycles. The molecule has 0 amide bonds. The summed E-state index contributed by atoms with van der Waals surface area (Å²) in [6, 6.07) is 99.6. The van der Waals surface area contributed by atoms with Crippen molar-refractivity contribution in [1.29, 1.82) is 0 Å². The summed E-state index contributed by atoms with van der Waals surface area (Å²) in [6.45, 7) is 0.633. The zero-order valence-corrected chi connectivity index (χ0v) is 64.1. The van der Waals surface area contributed by atoms with Crippen LogP contribution in [0.3, 0.4) is 0 Å². The minimum Gasteiger partial charge on any atom is -0.374 e. The Kier molecular flexibility index (Phi) is 30.3. The minimum atomic E-state index is -1.48. The van der Waals surface area contributed by atoms with Crippen molar-refractivity contribution < 1.29 is 80.9 Å². The number of non-ortho nitro benzene ring substituents is 1. The summed E-state index contributed by atoms with van der Waals surface area (Å²) in [4.78, 5) is 24.3. The molecule has 1 N–H and O–H groups in total. The minimum absolute atomic E-state index is 0.000231. The monoisotopic (exact) mass is 1570 g/mol. The van der Waals surface area contributed by atoms with Crippen LogP contribution in [-0.2, 0) is 137 Å². The van der Waals surface area contributed by atoms with Gasteiger partial charge in [-0.2, -0.15) is 0 Å². The largest absolute Gasteiger partial charge is 0.374 e. The first-order valence-corrected chi connectivity index (χ1v) is 39.1. The molecule has 22 nitrogen and oxygen atoms in total. The highest BCUT2D eigenvalue weighted by Gasteiger charge is 2.57. The Morgan fingerprint density at radius 3 is 0.845 bits per heavy atom. The fourth-order valence-corrected chi connectivity index (χ4v) is 14.4. The summed E-state index contributed by atoms with van der Waals surface area (Å²) < 4.78 is 110. The number of ether oxygens (including phenoxy) is 15. The summed E-state index contributed by atoms with van der Waals surface area (Å²) >= 11 is 0. The Balaban J connectivity index is 0.918. The van der Waals surface area contributed by atoms with Crippen LogP contribution in [0.2, 0.25) is 0 Å². The van der Waals surface area contributed by atoms with Crippen molar-refractivity contribution in [2.75, 3.05) is 25.1 Å². The highest BCUT2D eigenvalue weighted by Crippen LogP contribution is 2.41. The third-order valence-electron chi connectivity index (χ3n) is 20.3. The molecule has 3 aliphatic heterocycles. The average Bonchev–Trinajstić information content (AvgIpc) is 0.759. The zero-order chi connectivity index (χ0) is 79.3. The van der Waals surface area contributed by atoms with Crippen molar-refractivity contribution >= 4 is 17.1 Å². The van der Waals surface area contributed by atoms with Gasteiger partial charge in [-0.25, -0.2) is 0 Å². The van der Waals surface area contributed by atoms with Gasteiger partial charge in [0, 0.05) is 6.07 Å². The van der Waals surface area contributed by atoms with E-state index in [9.17, 15) is 20.2 Å². The lowest BCUT2D eigenvalue weighted by molar-refractivity contribution is -0.393. The van der Waals surface area contributed by atoms with Crippen LogP contribution in [0.5, 0.6) is 0 Å². The Hall–Kier alpha value is -10.6. The Morgan fingerprint density at radius 2 is 0.526 bits per heavy atom. The molecule has 0 aliphatic carbocycles. The summed E-state index contributed by atoms with van der Waals surface area (Å²) in [5, 5.41) is 29.0. The van der Waals surface area contributed by atoms with Crippen molar-refractivity contribution in [3.05, 3.63) is 397 Å². The molecule has 0 bridgehead atoms. The summed E-state index contributed by atoms with van der Waals surface area (Å²) in [5.41, 5.74) is 7.37. The summed E-state index contributed by atoms with van der Waals surface area (Å²) in [7, 11) is 0. The highest BCUT2D eigenvalue weighted by atomic mass is 16.8. The van der Waals surface area contributed by atoms with Crippen LogP contribution in [0.15, 0.2) is 322 Å². The molecule has 0 aromatic heterocycles. The van der Waals surface area contributed by atoms with Crippen LogP contribution in [0.1, 0.15) is 55.6 Å². The number of hydrogen-bond acceptors (Lipinski definition) is 20. The average molecular weight is 1570 g/mol. The lowest BCUT2D eigenvalue weighted by Gasteiger charge is -2.52. The fourth-order valence-electron chi connectivity index (χ4n) is 14.4. The van der Waals surface area contributed by atoms with E-state index in [0.717, 1.165) is 61.7 Å². The van der Waals surface area contributed by atoms with Crippen molar-refractivity contribution in [2.45, 2.75) is 158 Å². The van der Waals surface area contributed by atoms with Crippen LogP contribution >= 0.6 is 0 Å². The number of benzene rings is 11. The molecule has 15 atom stereocenters. The molecule has 0 saturated carbocycles. The van der Waals surface area contributed by atoms with Crippen molar-refractivity contribution in [2.24, 2.45) is 0 Å². The van der Waals surface area contributed by atoms with Gasteiger partial charge >= 0.3 is 0 Å². The number of nitrogens with zero attached hydrogens (tertiary/aromatic N) is 2. The molecule has 0 radical (unpaired) electrons. The van der Waals surface area contributed by atoms with E-state index < -0.39 is 113 Å². The summed E-state index contributed by atoms with van der Waals surface area (Å²) in [5.74, 6) is 0. The van der Waals surface area contributed by atoms with Crippen molar-refractivity contribution in [3.63, 3.8) is 0 Å². The third-order valence-corrected chi connectivity index (χ3v) is 20.3. The van der Waals surface area contributed by atoms with E-state index in [1.165, 1.54) is 12.1 Å². The SMILES string of the molecule is O=[N+]([O-])c1ccc(N[C@H]2[C@H](OCc3ccccc3)O[C@H](COCc3ccccc3)[C@@H](O[C@@H]3O[C@H](COCc4ccccc4)[C@H](O[C@H]4O[C@H](COCc5ccccc5)[C@H](OCc5ccccc5)[C@H](OCc5ccccc5)[C@H]4OCc4ccccc4)[C@H](OCc4ccccc4)[C@H]3OCc3ccccc3)[C@@H]2OCc2ccccc2)c([N+](=O)[O-])c1. The maximum atomic E-state index is 13.3. The van der Waals surface area contributed by atoms with Crippen LogP contribution in [-0.4, -0.2) is 122 Å². The fraction of sp³-hybridized carbons (Fsp3) is 0.298. The molecule has 11 aromatic carbocycles. The number of rotatable bonds is 41. The van der Waals surface area contributed by atoms with E-state index in [1.54, 1.807) is 0 Å². The van der Waals surface area contributed by atoms with Gasteiger partial charge in [0.25, 0.3) is 11.4 Å². The Morgan fingerprint density at radius 1 is 0.267 bits per heavy atom. The maximum absolute atomic E-state index is 13.3. The molecule has 3 saturated heterocycles. The first-order valence-electron chi connectivity index (χ1n) is 39.1. The Labute approximate surface area is 675 Å². The molecule has 116 heavy (non-hydrogen) atoms. The van der Waals surface area contributed by atoms with Crippen molar-refractivity contribution in [3.8, 4) is 0 Å². The van der Waals surface area contributed by atoms with Gasteiger partial charge in [-0.3, -0.25) is 20.2 Å². The highest BCUT2D eigenvalue weighted by molar-refractivity contribution is 5.66. The van der Waals surface area contributed by atoms with Crippen LogP contribution in [0.4, 0.5) is 17.1 Å². The molecule has 0 spiro atoms. The van der Waals surface area contributed by atoms with Gasteiger partial charge in [-0.15, -0.1) is 0 Å². The summed E-state index contributed by atoms with van der Waals surface area (Å²) in [6.07, 6.45) is -16.3. The normalized spacial score (nSPS) is 23.3. The van der Waals surface area contributed by atoms with Gasteiger partial charge in [0.1, 0.15) is 78.9 Å². The van der Waals surface area contributed by atoms with Crippen LogP contribution < -0.4 is 5.32 Å². The number of anilines is 1. The molecular formula is C94H95N3O19. The first-order chi connectivity index (χ1) is 57.2. The molecule has 3 aliphatic rings. The van der Waals surface area contributed by atoms with E-state index >= 15 is 0 Å². The lowest BCUT2D eigenvalue weighted by Crippen LogP contribution is -2.68. The first kappa shape index (κ1) is 82.0. The topological polar surface area (TPSA) is 237 Å². The second kappa shape index (κ2) is 42.9. The zero-order valence-electron chi connectivity index (χ0n) is 64.1. The van der Waals surface area contributed by atoms with Gasteiger partial charge in [0.05, 0.1) is 102 Å². The molecule has 11 aromatic rings. The predicted molar refractivity (Wildman–Crippen MR) is 433 cm³/mol.